The van der Waals surface area contributed by atoms with E-state index in [2.05, 4.69) is 15.5 Å². The number of imidazole rings is 1. The van der Waals surface area contributed by atoms with Crippen molar-refractivity contribution in [2.24, 2.45) is 5.10 Å². The number of hydrogen-bond donors (Lipinski definition) is 2. The molecule has 0 aliphatic carbocycles. The summed E-state index contributed by atoms with van der Waals surface area (Å²) in [6.45, 7) is 1.82. The lowest BCUT2D eigenvalue weighted by Gasteiger charge is -2.05. The van der Waals surface area contributed by atoms with E-state index in [-0.39, 0.29) is 11.7 Å². The van der Waals surface area contributed by atoms with Crippen LogP contribution in [0.15, 0.2) is 72.4 Å². The van der Waals surface area contributed by atoms with E-state index in [0.29, 0.717) is 11.3 Å². The third-order valence-corrected chi connectivity index (χ3v) is 3.54. The fourth-order valence-corrected chi connectivity index (χ4v) is 2.16. The number of benzene rings is 2. The summed E-state index contributed by atoms with van der Waals surface area (Å²) >= 11 is 0. The molecule has 1 heterocycles. The third-order valence-electron chi connectivity index (χ3n) is 3.54. The van der Waals surface area contributed by atoms with Gasteiger partial charge in [-0.3, -0.25) is 4.79 Å². The Bertz CT molecular complexity index is 851. The van der Waals surface area contributed by atoms with Gasteiger partial charge < -0.3 is 9.67 Å². The Morgan fingerprint density at radius 2 is 1.75 bits per heavy atom. The molecule has 0 radical (unpaired) electrons. The summed E-state index contributed by atoms with van der Waals surface area (Å²) in [5.74, 6) is -0.214. The SMILES string of the molecule is C/C(=N/NC(=O)c1ccc(O)cc1)c1ccc(-n2ccnc2)cc1. The van der Waals surface area contributed by atoms with Crippen LogP contribution in [-0.2, 0) is 0 Å². The Labute approximate surface area is 139 Å². The molecule has 3 rings (SSSR count). The van der Waals surface area contributed by atoms with Gasteiger partial charge in [0.1, 0.15) is 5.75 Å². The van der Waals surface area contributed by atoms with Crippen LogP contribution in [0.5, 0.6) is 5.75 Å². The van der Waals surface area contributed by atoms with Crippen molar-refractivity contribution in [3.8, 4) is 11.4 Å². The molecule has 0 bridgehead atoms. The summed E-state index contributed by atoms with van der Waals surface area (Å²) in [6.07, 6.45) is 5.32. The number of amides is 1. The topological polar surface area (TPSA) is 79.5 Å². The molecular formula is C18H16N4O2. The van der Waals surface area contributed by atoms with Gasteiger partial charge in [0.2, 0.25) is 0 Å². The Balaban J connectivity index is 1.69. The van der Waals surface area contributed by atoms with Crippen molar-refractivity contribution >= 4 is 11.6 Å². The first-order valence-electron chi connectivity index (χ1n) is 7.36. The van der Waals surface area contributed by atoms with Crippen LogP contribution in [0.1, 0.15) is 22.8 Å². The van der Waals surface area contributed by atoms with Gasteiger partial charge in [-0.25, -0.2) is 10.4 Å². The van der Waals surface area contributed by atoms with Crippen LogP contribution in [0, 0.1) is 0 Å². The fraction of sp³-hybridized carbons (Fsp3) is 0.0556. The molecule has 120 valence electrons. The van der Waals surface area contributed by atoms with E-state index in [4.69, 9.17) is 0 Å². The van der Waals surface area contributed by atoms with Crippen LogP contribution < -0.4 is 5.43 Å². The minimum absolute atomic E-state index is 0.115. The Morgan fingerprint density at radius 3 is 2.38 bits per heavy atom. The molecule has 2 aromatic carbocycles. The highest BCUT2D eigenvalue weighted by molar-refractivity contribution is 6.01. The number of nitrogens with zero attached hydrogens (tertiary/aromatic N) is 3. The summed E-state index contributed by atoms with van der Waals surface area (Å²) in [5, 5.41) is 13.4. The molecule has 3 aromatic rings. The van der Waals surface area contributed by atoms with Crippen molar-refractivity contribution in [2.45, 2.75) is 6.92 Å². The highest BCUT2D eigenvalue weighted by Crippen LogP contribution is 2.11. The lowest BCUT2D eigenvalue weighted by Crippen LogP contribution is -2.19. The average Bonchev–Trinajstić information content (AvgIpc) is 3.15. The molecule has 0 unspecified atom stereocenters. The van der Waals surface area contributed by atoms with Gasteiger partial charge in [-0.1, -0.05) is 12.1 Å². The number of phenols is 1. The predicted molar refractivity (Wildman–Crippen MR) is 91.3 cm³/mol. The van der Waals surface area contributed by atoms with Crippen LogP contribution in [0.4, 0.5) is 0 Å². The monoisotopic (exact) mass is 320 g/mol. The summed E-state index contributed by atoms with van der Waals surface area (Å²) in [6, 6.07) is 13.8. The zero-order valence-corrected chi connectivity index (χ0v) is 13.0. The maximum atomic E-state index is 12.0. The number of hydrogen-bond acceptors (Lipinski definition) is 4. The van der Waals surface area contributed by atoms with E-state index in [0.717, 1.165) is 11.3 Å². The molecule has 0 atom stereocenters. The van der Waals surface area contributed by atoms with E-state index < -0.39 is 0 Å². The summed E-state index contributed by atoms with van der Waals surface area (Å²) in [5.41, 5.74) is 5.54. The maximum absolute atomic E-state index is 12.0. The molecule has 0 fully saturated rings. The van der Waals surface area contributed by atoms with Crippen LogP contribution in [-0.4, -0.2) is 26.3 Å². The normalized spacial score (nSPS) is 11.3. The van der Waals surface area contributed by atoms with Gasteiger partial charge in [0.15, 0.2) is 0 Å². The fourth-order valence-electron chi connectivity index (χ4n) is 2.16. The zero-order chi connectivity index (χ0) is 16.9. The summed E-state index contributed by atoms with van der Waals surface area (Å²) in [7, 11) is 0. The Morgan fingerprint density at radius 1 is 1.08 bits per heavy atom. The zero-order valence-electron chi connectivity index (χ0n) is 13.0. The van der Waals surface area contributed by atoms with E-state index in [1.165, 1.54) is 24.3 Å². The van der Waals surface area contributed by atoms with Gasteiger partial charge in [0, 0.05) is 23.6 Å². The van der Waals surface area contributed by atoms with Crippen molar-refractivity contribution in [3.63, 3.8) is 0 Å². The van der Waals surface area contributed by atoms with Gasteiger partial charge in [-0.05, 0) is 48.9 Å². The second-order valence-corrected chi connectivity index (χ2v) is 5.20. The quantitative estimate of drug-likeness (QED) is 0.573. The number of phenolic OH excluding ortho intramolecular Hbond substituents is 1. The first-order chi connectivity index (χ1) is 11.6. The number of nitrogens with one attached hydrogen (secondary N) is 1. The second kappa shape index (κ2) is 6.78. The molecule has 1 aromatic heterocycles. The molecule has 1 amide bonds. The van der Waals surface area contributed by atoms with Gasteiger partial charge in [0.25, 0.3) is 5.91 Å². The van der Waals surface area contributed by atoms with Crippen molar-refractivity contribution in [1.82, 2.24) is 15.0 Å². The van der Waals surface area contributed by atoms with Crippen LogP contribution in [0.25, 0.3) is 5.69 Å². The molecule has 24 heavy (non-hydrogen) atoms. The molecule has 0 saturated heterocycles. The van der Waals surface area contributed by atoms with E-state index >= 15 is 0 Å². The lowest BCUT2D eigenvalue weighted by molar-refractivity contribution is 0.0955. The van der Waals surface area contributed by atoms with Gasteiger partial charge in [-0.2, -0.15) is 5.10 Å². The maximum Gasteiger partial charge on any atom is 0.271 e. The van der Waals surface area contributed by atoms with E-state index in [9.17, 15) is 9.90 Å². The van der Waals surface area contributed by atoms with Gasteiger partial charge >= 0.3 is 0 Å². The highest BCUT2D eigenvalue weighted by atomic mass is 16.3. The molecule has 0 aliphatic rings. The predicted octanol–water partition coefficient (Wildman–Crippen LogP) is 2.73. The molecule has 0 spiro atoms. The minimum Gasteiger partial charge on any atom is -0.508 e. The number of rotatable bonds is 4. The average molecular weight is 320 g/mol. The molecular weight excluding hydrogens is 304 g/mol. The number of carbonyl (C=O) groups is 1. The Hall–Kier alpha value is -3.41. The molecule has 6 heteroatoms. The number of aromatic nitrogens is 2. The summed E-state index contributed by atoms with van der Waals surface area (Å²) < 4.78 is 1.91. The first kappa shape index (κ1) is 15.5. The molecule has 6 nitrogen and oxygen atoms in total. The van der Waals surface area contributed by atoms with E-state index in [1.54, 1.807) is 12.5 Å². The van der Waals surface area contributed by atoms with Crippen molar-refractivity contribution in [2.75, 3.05) is 0 Å². The van der Waals surface area contributed by atoms with Crippen LogP contribution >= 0.6 is 0 Å². The number of aromatic hydroxyl groups is 1. The van der Waals surface area contributed by atoms with Crippen LogP contribution in [0.3, 0.4) is 0 Å². The smallest absolute Gasteiger partial charge is 0.271 e. The number of carbonyl (C=O) groups excluding carboxylic acids is 1. The Kier molecular flexibility index (Phi) is 4.38. The highest BCUT2D eigenvalue weighted by Gasteiger charge is 2.05. The standard InChI is InChI=1S/C18H16N4O2/c1-13(20-21-18(24)15-4-8-17(23)9-5-15)14-2-6-16(7-3-14)22-11-10-19-12-22/h2-12,23H,1H3,(H,21,24)/b20-13-. The molecule has 0 saturated carbocycles. The number of hydrazone groups is 1. The van der Waals surface area contributed by atoms with Crippen molar-refractivity contribution in [3.05, 3.63) is 78.4 Å². The lowest BCUT2D eigenvalue weighted by atomic mass is 10.1. The largest absolute Gasteiger partial charge is 0.508 e. The first-order valence-corrected chi connectivity index (χ1v) is 7.36. The van der Waals surface area contributed by atoms with Gasteiger partial charge in [-0.15, -0.1) is 0 Å². The summed E-state index contributed by atoms with van der Waals surface area (Å²) in [4.78, 5) is 16.0. The second-order valence-electron chi connectivity index (χ2n) is 5.20. The minimum atomic E-state index is -0.329. The van der Waals surface area contributed by atoms with Gasteiger partial charge in [0.05, 0.1) is 12.0 Å². The third kappa shape index (κ3) is 3.49. The van der Waals surface area contributed by atoms with Crippen molar-refractivity contribution < 1.29 is 9.90 Å². The molecule has 2 N–H and O–H groups in total. The van der Waals surface area contributed by atoms with E-state index in [1.807, 2.05) is 42.0 Å². The van der Waals surface area contributed by atoms with Crippen LogP contribution in [0.2, 0.25) is 0 Å². The molecule has 0 aliphatic heterocycles. The van der Waals surface area contributed by atoms with Crippen molar-refractivity contribution in [1.29, 1.82) is 0 Å².